The first kappa shape index (κ1) is 65.7. The van der Waals surface area contributed by atoms with Gasteiger partial charge in [-0.05, 0) is 114 Å². The molecule has 0 saturated carbocycles. The summed E-state index contributed by atoms with van der Waals surface area (Å²) in [6, 6.07) is 0.777. The van der Waals surface area contributed by atoms with E-state index in [-0.39, 0.29) is 49.1 Å². The molecule has 0 unspecified atom stereocenters. The molecule has 4 aliphatic heterocycles. The fourth-order valence-corrected chi connectivity index (χ4v) is 11.7. The topological polar surface area (TPSA) is 262 Å². The molecule has 22 nitrogen and oxygen atoms in total. The largest absolute Gasteiger partial charge is 0.444 e. The van der Waals surface area contributed by atoms with Crippen molar-refractivity contribution < 1.29 is 57.1 Å². The summed E-state index contributed by atoms with van der Waals surface area (Å²) in [4.78, 5) is 73.4. The van der Waals surface area contributed by atoms with E-state index < -0.39 is 35.1 Å². The van der Waals surface area contributed by atoms with E-state index in [1.165, 1.54) is 0 Å². The van der Waals surface area contributed by atoms with Gasteiger partial charge in [0, 0.05) is 74.6 Å². The maximum absolute atomic E-state index is 13.0. The molecule has 2 saturated heterocycles. The number of unbranched alkanes of at least 4 members (excludes halogenated alkanes) is 6. The van der Waals surface area contributed by atoms with E-state index in [1.54, 1.807) is 25.7 Å². The third kappa shape index (κ3) is 29.8. The van der Waals surface area contributed by atoms with Crippen LogP contribution in [0.3, 0.4) is 0 Å². The zero-order valence-electron chi connectivity index (χ0n) is 47.8. The van der Waals surface area contributed by atoms with Crippen molar-refractivity contribution in [3.8, 4) is 0 Å². The number of aliphatic imine (C=N–C) groups is 2. The van der Waals surface area contributed by atoms with Crippen molar-refractivity contribution in [3.63, 3.8) is 0 Å². The average molecular weight is 1130 g/mol. The van der Waals surface area contributed by atoms with Crippen LogP contribution in [0.15, 0.2) is 9.98 Å². The molecular formula is C53H96N10O12S2. The van der Waals surface area contributed by atoms with E-state index in [9.17, 15) is 24.0 Å². The normalized spacial score (nSPS) is 20.8. The summed E-state index contributed by atoms with van der Waals surface area (Å²) in [5.74, 6) is 2.59. The van der Waals surface area contributed by atoms with Gasteiger partial charge in [0.25, 0.3) is 0 Å². The number of carbonyl (C=O) groups is 5. The number of alkyl carbamates (subject to hydrolysis) is 3. The van der Waals surface area contributed by atoms with Crippen molar-refractivity contribution in [1.82, 2.24) is 42.1 Å². The van der Waals surface area contributed by atoms with Gasteiger partial charge in [0.1, 0.15) is 16.8 Å². The number of carbonyl (C=O) groups excluding carboxylic acids is 5. The second-order valence-electron chi connectivity index (χ2n) is 22.8. The highest BCUT2D eigenvalue weighted by Crippen LogP contribution is 2.36. The van der Waals surface area contributed by atoms with E-state index in [0.29, 0.717) is 101 Å². The Morgan fingerprint density at radius 2 is 1.00 bits per heavy atom. The average Bonchev–Trinajstić information content (AvgIpc) is 4.10. The summed E-state index contributed by atoms with van der Waals surface area (Å²) in [5.41, 5.74) is -1.71. The van der Waals surface area contributed by atoms with Crippen LogP contribution >= 0.6 is 23.5 Å². The zero-order chi connectivity index (χ0) is 56.1. The first-order valence-corrected chi connectivity index (χ1v) is 30.2. The summed E-state index contributed by atoms with van der Waals surface area (Å²) in [7, 11) is 0. The van der Waals surface area contributed by atoms with Gasteiger partial charge >= 0.3 is 18.3 Å². The van der Waals surface area contributed by atoms with Gasteiger partial charge in [-0.1, -0.05) is 25.7 Å². The van der Waals surface area contributed by atoms with Crippen molar-refractivity contribution in [2.45, 2.75) is 191 Å². The Balaban J connectivity index is 1.02. The van der Waals surface area contributed by atoms with E-state index in [0.717, 1.165) is 88.6 Å². The molecule has 0 radical (unpaired) electrons. The van der Waals surface area contributed by atoms with Crippen molar-refractivity contribution in [2.75, 3.05) is 104 Å². The monoisotopic (exact) mass is 1130 g/mol. The predicted octanol–water partition coefficient (Wildman–Crippen LogP) is 5.47. The smallest absolute Gasteiger partial charge is 0.414 e. The minimum Gasteiger partial charge on any atom is -0.444 e. The number of rotatable bonds is 35. The lowest BCUT2D eigenvalue weighted by Gasteiger charge is -2.21. The minimum absolute atomic E-state index is 0.0574. The van der Waals surface area contributed by atoms with Gasteiger partial charge < -0.3 is 59.7 Å². The van der Waals surface area contributed by atoms with Gasteiger partial charge in [0.2, 0.25) is 23.7 Å². The Kier molecular flexibility index (Phi) is 29.9. The molecule has 4 aliphatic rings. The number of ether oxygens (including phenoxy) is 7. The summed E-state index contributed by atoms with van der Waals surface area (Å²) in [5, 5.41) is 21.7. The highest BCUT2D eigenvalue weighted by atomic mass is 32.2. The van der Waals surface area contributed by atoms with Crippen molar-refractivity contribution in [1.29, 1.82) is 0 Å². The molecule has 6 atom stereocenters. The van der Waals surface area contributed by atoms with Gasteiger partial charge in [-0.15, -0.1) is 0 Å². The third-order valence-corrected chi connectivity index (χ3v) is 15.2. The van der Waals surface area contributed by atoms with E-state index in [4.69, 9.17) is 38.2 Å². The van der Waals surface area contributed by atoms with E-state index >= 15 is 0 Å². The maximum Gasteiger partial charge on any atom is 0.414 e. The second kappa shape index (κ2) is 35.0. The standard InChI is InChI=1S/C53H96N10O12S2/c1-51(2,3)73-48(66)56-24-30-71-32-33-72-31-25-63(34-42(64)54-22-14-18-28-69-26-16-10-12-20-40-44-38(36-76-40)57-46(59-44)61-49(67)74-52(4,5)6)35-43(65)55-23-15-19-29-70-27-17-11-13-21-41-45-39(37-77-41)58-47(60-45)62-50(68)75-53(7,8)9/h38-41,44-45H,10-37H2,1-9H3,(H,54,64)(H,55,65)(H,56,66)(H2,57,59,61,67)(H2,58,60,62,68)/t38-,39-,40-,41-,44-,45-/m0/s1. The highest BCUT2D eigenvalue weighted by molar-refractivity contribution is 8.00. The van der Waals surface area contributed by atoms with Crippen LogP contribution in [0, 0.1) is 0 Å². The van der Waals surface area contributed by atoms with E-state index in [2.05, 4.69) is 42.2 Å². The van der Waals surface area contributed by atoms with Crippen molar-refractivity contribution in [3.05, 3.63) is 0 Å². The van der Waals surface area contributed by atoms with Gasteiger partial charge in [-0.25, -0.2) is 24.4 Å². The summed E-state index contributed by atoms with van der Waals surface area (Å²) in [6.45, 7) is 22.2. The number of hydrogen-bond donors (Lipinski definition) is 7. The molecule has 4 heterocycles. The number of nitrogens with zero attached hydrogens (tertiary/aromatic N) is 3. The first-order chi connectivity index (χ1) is 36.6. The Labute approximate surface area is 467 Å². The van der Waals surface area contributed by atoms with Crippen LogP contribution in [-0.2, 0) is 42.7 Å². The fraction of sp³-hybridized carbons (Fsp3) is 0.868. The number of nitrogens with one attached hydrogen (secondary N) is 7. The Hall–Kier alpha value is -3.81. The van der Waals surface area contributed by atoms with Crippen LogP contribution in [-0.4, -0.2) is 202 Å². The fourth-order valence-electron chi connectivity index (χ4n) is 8.70. The third-order valence-electron chi connectivity index (χ3n) is 12.2. The SMILES string of the molecule is CC(C)(C)OC(=O)NCCOCCOCCN(CC(=O)NCCCCOCCCCC[C@@H]1SC[C@@H]2NC(NC(=O)OC(C)(C)C)=N[C@@H]21)CC(=O)NCCCCOCCCCC[C@@H]1SC[C@@H]2N=C(NC(=O)OC(C)(C)C)N[C@@H]21. The lowest BCUT2D eigenvalue weighted by atomic mass is 10.0. The maximum atomic E-state index is 13.0. The van der Waals surface area contributed by atoms with Crippen molar-refractivity contribution >= 4 is 65.5 Å². The zero-order valence-corrected chi connectivity index (χ0v) is 49.5. The number of fused-ring (bicyclic) bond motifs is 2. The molecule has 442 valence electrons. The molecule has 0 aliphatic carbocycles. The lowest BCUT2D eigenvalue weighted by Crippen LogP contribution is -2.46. The Bertz CT molecular complexity index is 1850. The molecule has 0 aromatic carbocycles. The highest BCUT2D eigenvalue weighted by Gasteiger charge is 2.42. The number of hydrogen-bond acceptors (Lipinski definition) is 19. The minimum atomic E-state index is -0.573. The van der Waals surface area contributed by atoms with Crippen molar-refractivity contribution in [2.24, 2.45) is 9.98 Å². The Morgan fingerprint density at radius 3 is 1.56 bits per heavy atom. The molecule has 0 aromatic rings. The van der Waals surface area contributed by atoms with Crippen LogP contribution in [0.2, 0.25) is 0 Å². The molecule has 0 aromatic heterocycles. The van der Waals surface area contributed by atoms with Gasteiger partial charge in [-0.3, -0.25) is 25.1 Å². The number of amides is 5. The van der Waals surface area contributed by atoms with Crippen LogP contribution in [0.25, 0.3) is 0 Å². The molecular weight excluding hydrogens is 1030 g/mol. The van der Waals surface area contributed by atoms with Gasteiger partial charge in [-0.2, -0.15) is 23.5 Å². The molecule has 2 fully saturated rings. The molecule has 5 amide bonds. The van der Waals surface area contributed by atoms with Gasteiger partial charge in [0.05, 0.1) is 63.7 Å². The van der Waals surface area contributed by atoms with Gasteiger partial charge in [0.15, 0.2) is 0 Å². The first-order valence-electron chi connectivity index (χ1n) is 28.1. The van der Waals surface area contributed by atoms with Crippen LogP contribution in [0.1, 0.15) is 139 Å². The quantitative estimate of drug-likeness (QED) is 0.0307. The summed E-state index contributed by atoms with van der Waals surface area (Å²) >= 11 is 3.89. The van der Waals surface area contributed by atoms with Crippen LogP contribution < -0.4 is 37.2 Å². The molecule has 77 heavy (non-hydrogen) atoms. The molecule has 4 rings (SSSR count). The predicted molar refractivity (Wildman–Crippen MR) is 303 cm³/mol. The molecule has 7 N–H and O–H groups in total. The molecule has 24 heteroatoms. The summed E-state index contributed by atoms with van der Waals surface area (Å²) < 4.78 is 39.1. The lowest BCUT2D eigenvalue weighted by molar-refractivity contribution is -0.125. The van der Waals surface area contributed by atoms with Crippen LogP contribution in [0.4, 0.5) is 14.4 Å². The summed E-state index contributed by atoms with van der Waals surface area (Å²) in [6.07, 6.45) is 10.2. The van der Waals surface area contributed by atoms with Crippen LogP contribution in [0.5, 0.6) is 0 Å². The molecule has 0 spiro atoms. The Morgan fingerprint density at radius 1 is 0.519 bits per heavy atom. The number of thioether (sulfide) groups is 2. The number of guanidine groups is 2. The molecule has 0 bridgehead atoms. The van der Waals surface area contributed by atoms with E-state index in [1.807, 2.05) is 65.1 Å². The second-order valence-corrected chi connectivity index (χ2v) is 25.4.